The molecular formula is C18H19NO3. The molecule has 2 rings (SSSR count). The van der Waals surface area contributed by atoms with Gasteiger partial charge in [-0.1, -0.05) is 30.3 Å². The number of carbonyl (C=O) groups excluding carboxylic acids is 1. The number of benzene rings is 2. The van der Waals surface area contributed by atoms with Crippen molar-refractivity contribution in [3.05, 3.63) is 70.8 Å². The first-order valence-electron chi connectivity index (χ1n) is 7.07. The lowest BCUT2D eigenvalue weighted by atomic mass is 10.0. The van der Waals surface area contributed by atoms with Crippen LogP contribution in [0.5, 0.6) is 0 Å². The van der Waals surface area contributed by atoms with Crippen LogP contribution in [0.25, 0.3) is 0 Å². The van der Waals surface area contributed by atoms with Gasteiger partial charge >= 0.3 is 5.97 Å². The van der Waals surface area contributed by atoms with Gasteiger partial charge in [0.05, 0.1) is 11.6 Å². The van der Waals surface area contributed by atoms with E-state index in [1.807, 2.05) is 37.3 Å². The Morgan fingerprint density at radius 1 is 1.05 bits per heavy atom. The second-order valence-corrected chi connectivity index (χ2v) is 5.40. The normalized spacial score (nSPS) is 11.8. The third-order valence-electron chi connectivity index (χ3n) is 3.75. The number of carboxylic acids is 1. The van der Waals surface area contributed by atoms with Crippen LogP contribution in [0.4, 0.5) is 0 Å². The number of aryl methyl sites for hydroxylation is 1. The number of hydrogen-bond donors (Lipinski definition) is 1. The first-order chi connectivity index (χ1) is 10.4. The van der Waals surface area contributed by atoms with Crippen LogP contribution in [0.2, 0.25) is 0 Å². The molecule has 2 aromatic rings. The van der Waals surface area contributed by atoms with Crippen molar-refractivity contribution in [3.8, 4) is 0 Å². The molecule has 0 fully saturated rings. The summed E-state index contributed by atoms with van der Waals surface area (Å²) >= 11 is 0. The summed E-state index contributed by atoms with van der Waals surface area (Å²) < 4.78 is 0. The number of aromatic carboxylic acids is 1. The van der Waals surface area contributed by atoms with E-state index >= 15 is 0 Å². The number of hydrogen-bond acceptors (Lipinski definition) is 2. The van der Waals surface area contributed by atoms with Gasteiger partial charge in [0.15, 0.2) is 0 Å². The van der Waals surface area contributed by atoms with Gasteiger partial charge in [0.2, 0.25) is 0 Å². The van der Waals surface area contributed by atoms with Crippen molar-refractivity contribution in [2.45, 2.75) is 19.9 Å². The summed E-state index contributed by atoms with van der Waals surface area (Å²) in [5, 5.41) is 9.12. The van der Waals surface area contributed by atoms with Gasteiger partial charge in [-0.2, -0.15) is 0 Å². The third-order valence-corrected chi connectivity index (χ3v) is 3.75. The van der Waals surface area contributed by atoms with E-state index < -0.39 is 5.97 Å². The smallest absolute Gasteiger partial charge is 0.335 e. The fourth-order valence-electron chi connectivity index (χ4n) is 2.36. The molecule has 0 radical (unpaired) electrons. The summed E-state index contributed by atoms with van der Waals surface area (Å²) in [6.07, 6.45) is 0. The van der Waals surface area contributed by atoms with Crippen molar-refractivity contribution in [1.82, 2.24) is 4.90 Å². The molecule has 0 bridgehead atoms. The lowest BCUT2D eigenvalue weighted by molar-refractivity contribution is 0.0696. The molecule has 2 aromatic carbocycles. The van der Waals surface area contributed by atoms with Crippen LogP contribution in [0.15, 0.2) is 48.5 Å². The Labute approximate surface area is 130 Å². The number of amides is 1. The first-order valence-corrected chi connectivity index (χ1v) is 7.07. The molecule has 1 atom stereocenters. The zero-order valence-corrected chi connectivity index (χ0v) is 12.9. The molecular weight excluding hydrogens is 278 g/mol. The van der Waals surface area contributed by atoms with Crippen LogP contribution < -0.4 is 0 Å². The highest BCUT2D eigenvalue weighted by Crippen LogP contribution is 2.21. The Hall–Kier alpha value is -2.62. The van der Waals surface area contributed by atoms with Crippen molar-refractivity contribution in [2.24, 2.45) is 0 Å². The number of carboxylic acid groups (broad SMARTS) is 1. The van der Waals surface area contributed by atoms with Crippen LogP contribution in [-0.2, 0) is 0 Å². The maximum absolute atomic E-state index is 12.6. The molecule has 0 aliphatic heterocycles. The van der Waals surface area contributed by atoms with Crippen molar-refractivity contribution in [2.75, 3.05) is 7.05 Å². The molecule has 22 heavy (non-hydrogen) atoms. The van der Waals surface area contributed by atoms with Crippen LogP contribution in [0.3, 0.4) is 0 Å². The van der Waals surface area contributed by atoms with E-state index in [0.29, 0.717) is 5.56 Å². The van der Waals surface area contributed by atoms with E-state index in [1.165, 1.54) is 6.07 Å². The molecule has 0 heterocycles. The highest BCUT2D eigenvalue weighted by molar-refractivity contribution is 5.97. The van der Waals surface area contributed by atoms with Crippen molar-refractivity contribution in [1.29, 1.82) is 0 Å². The average Bonchev–Trinajstić information content (AvgIpc) is 2.53. The molecule has 0 spiro atoms. The van der Waals surface area contributed by atoms with Crippen LogP contribution in [0.1, 0.15) is 44.8 Å². The van der Waals surface area contributed by atoms with Gasteiger partial charge in [-0.05, 0) is 43.2 Å². The van der Waals surface area contributed by atoms with E-state index in [9.17, 15) is 9.59 Å². The predicted molar refractivity (Wildman–Crippen MR) is 85.1 cm³/mol. The fraction of sp³-hybridized carbons (Fsp3) is 0.222. The maximum Gasteiger partial charge on any atom is 0.335 e. The van der Waals surface area contributed by atoms with Gasteiger partial charge in [-0.15, -0.1) is 0 Å². The molecule has 4 heteroatoms. The molecule has 114 valence electrons. The average molecular weight is 297 g/mol. The quantitative estimate of drug-likeness (QED) is 0.939. The molecule has 0 aliphatic carbocycles. The fourth-order valence-corrected chi connectivity index (χ4v) is 2.36. The largest absolute Gasteiger partial charge is 0.478 e. The lowest BCUT2D eigenvalue weighted by Crippen LogP contribution is -2.29. The monoisotopic (exact) mass is 297 g/mol. The molecule has 0 saturated carbocycles. The topological polar surface area (TPSA) is 57.6 Å². The highest BCUT2D eigenvalue weighted by Gasteiger charge is 2.20. The SMILES string of the molecule is Cc1cc(C(=O)O)cc(C(=O)N(C)[C@H](C)c2ccccc2)c1. The maximum atomic E-state index is 12.6. The minimum absolute atomic E-state index is 0.0949. The van der Waals surface area contributed by atoms with Gasteiger partial charge in [-0.25, -0.2) is 4.79 Å². The van der Waals surface area contributed by atoms with Gasteiger partial charge < -0.3 is 10.0 Å². The van der Waals surface area contributed by atoms with E-state index in [4.69, 9.17) is 5.11 Å². The Kier molecular flexibility index (Phi) is 4.61. The summed E-state index contributed by atoms with van der Waals surface area (Å²) in [6, 6.07) is 14.3. The number of rotatable bonds is 4. The molecule has 1 N–H and O–H groups in total. The summed E-state index contributed by atoms with van der Waals surface area (Å²) in [4.78, 5) is 25.4. The molecule has 0 unspecified atom stereocenters. The zero-order chi connectivity index (χ0) is 16.3. The van der Waals surface area contributed by atoms with Crippen molar-refractivity contribution < 1.29 is 14.7 Å². The number of carbonyl (C=O) groups is 2. The second-order valence-electron chi connectivity index (χ2n) is 5.40. The van der Waals surface area contributed by atoms with Crippen LogP contribution >= 0.6 is 0 Å². The second kappa shape index (κ2) is 6.43. The summed E-state index contributed by atoms with van der Waals surface area (Å²) in [5.41, 5.74) is 2.31. The molecule has 0 aliphatic rings. The Morgan fingerprint density at radius 3 is 2.23 bits per heavy atom. The van der Waals surface area contributed by atoms with Crippen LogP contribution in [-0.4, -0.2) is 28.9 Å². The van der Waals surface area contributed by atoms with E-state index in [2.05, 4.69) is 0 Å². The molecule has 4 nitrogen and oxygen atoms in total. The molecule has 0 saturated heterocycles. The molecule has 0 aromatic heterocycles. The number of nitrogens with zero attached hydrogens (tertiary/aromatic N) is 1. The minimum atomic E-state index is -1.03. The van der Waals surface area contributed by atoms with Crippen molar-refractivity contribution in [3.63, 3.8) is 0 Å². The van der Waals surface area contributed by atoms with E-state index in [1.54, 1.807) is 31.0 Å². The predicted octanol–water partition coefficient (Wildman–Crippen LogP) is 3.53. The van der Waals surface area contributed by atoms with Gasteiger partial charge in [-0.3, -0.25) is 4.79 Å². The minimum Gasteiger partial charge on any atom is -0.478 e. The standard InChI is InChI=1S/C18H19NO3/c1-12-9-15(11-16(10-12)18(21)22)17(20)19(3)13(2)14-7-5-4-6-8-14/h4-11,13H,1-3H3,(H,21,22)/t13-/m1/s1. The summed E-state index contributed by atoms with van der Waals surface area (Å²) in [6.45, 7) is 3.73. The van der Waals surface area contributed by atoms with E-state index in [-0.39, 0.29) is 17.5 Å². The van der Waals surface area contributed by atoms with Crippen LogP contribution in [0, 0.1) is 6.92 Å². The zero-order valence-electron chi connectivity index (χ0n) is 12.9. The van der Waals surface area contributed by atoms with E-state index in [0.717, 1.165) is 11.1 Å². The first kappa shape index (κ1) is 15.8. The molecule has 1 amide bonds. The summed E-state index contributed by atoms with van der Waals surface area (Å²) in [7, 11) is 1.72. The Bertz CT molecular complexity index is 695. The van der Waals surface area contributed by atoms with Crippen molar-refractivity contribution >= 4 is 11.9 Å². The van der Waals surface area contributed by atoms with Gasteiger partial charge in [0, 0.05) is 12.6 Å². The third kappa shape index (κ3) is 3.34. The Balaban J connectivity index is 2.29. The van der Waals surface area contributed by atoms with Gasteiger partial charge in [0.1, 0.15) is 0 Å². The van der Waals surface area contributed by atoms with Gasteiger partial charge in [0.25, 0.3) is 5.91 Å². The highest BCUT2D eigenvalue weighted by atomic mass is 16.4. The Morgan fingerprint density at radius 2 is 1.64 bits per heavy atom. The summed E-state index contributed by atoms with van der Waals surface area (Å²) in [5.74, 6) is -1.22. The lowest BCUT2D eigenvalue weighted by Gasteiger charge is -2.25.